The maximum Gasteiger partial charge on any atom is 0.416 e. The molecule has 3 nitrogen and oxygen atoms in total. The summed E-state index contributed by atoms with van der Waals surface area (Å²) in [6.45, 7) is 1.55. The summed E-state index contributed by atoms with van der Waals surface area (Å²) in [6.07, 6.45) is -3.23. The number of benzene rings is 1. The average Bonchev–Trinajstić information content (AvgIpc) is 2.85. The molecule has 0 saturated carbocycles. The van der Waals surface area contributed by atoms with E-state index in [1.165, 1.54) is 24.5 Å². The van der Waals surface area contributed by atoms with Gasteiger partial charge in [-0.25, -0.2) is 0 Å². The lowest BCUT2D eigenvalue weighted by Crippen LogP contribution is -2.13. The van der Waals surface area contributed by atoms with Crippen LogP contribution in [0.25, 0.3) is 0 Å². The first-order valence-corrected chi connectivity index (χ1v) is 5.99. The standard InChI is InChI=1S/C15H10F3NO2/c1-9-12(5-6-21-9)14(20)13(8-19)10-3-2-4-11(7-10)15(16,17)18/h2-7,13H,1H3. The fourth-order valence-corrected chi connectivity index (χ4v) is 1.98. The van der Waals surface area contributed by atoms with Crippen LogP contribution in [0.3, 0.4) is 0 Å². The summed E-state index contributed by atoms with van der Waals surface area (Å²) >= 11 is 0. The molecule has 2 aromatic rings. The molecule has 21 heavy (non-hydrogen) atoms. The van der Waals surface area contributed by atoms with Crippen molar-refractivity contribution in [2.75, 3.05) is 0 Å². The van der Waals surface area contributed by atoms with Crippen molar-refractivity contribution in [3.8, 4) is 6.07 Å². The van der Waals surface area contributed by atoms with Crippen molar-refractivity contribution in [3.05, 3.63) is 59.0 Å². The highest BCUT2D eigenvalue weighted by Crippen LogP contribution is 2.32. The van der Waals surface area contributed by atoms with Crippen LogP contribution in [0.4, 0.5) is 13.2 Å². The van der Waals surface area contributed by atoms with Gasteiger partial charge < -0.3 is 4.42 Å². The van der Waals surface area contributed by atoms with E-state index in [0.29, 0.717) is 5.76 Å². The van der Waals surface area contributed by atoms with E-state index in [1.54, 1.807) is 13.0 Å². The average molecular weight is 293 g/mol. The zero-order valence-corrected chi connectivity index (χ0v) is 10.9. The minimum atomic E-state index is -4.52. The Balaban J connectivity index is 2.42. The van der Waals surface area contributed by atoms with Crippen molar-refractivity contribution in [2.45, 2.75) is 19.0 Å². The van der Waals surface area contributed by atoms with E-state index in [2.05, 4.69) is 0 Å². The molecule has 1 aromatic heterocycles. The van der Waals surface area contributed by atoms with Crippen LogP contribution in [-0.4, -0.2) is 5.78 Å². The number of furan rings is 1. The van der Waals surface area contributed by atoms with E-state index >= 15 is 0 Å². The van der Waals surface area contributed by atoms with Gasteiger partial charge in [-0.1, -0.05) is 18.2 Å². The Bertz CT molecular complexity index is 710. The van der Waals surface area contributed by atoms with E-state index in [-0.39, 0.29) is 11.1 Å². The van der Waals surface area contributed by atoms with Gasteiger partial charge in [0, 0.05) is 0 Å². The molecule has 1 unspecified atom stereocenters. The Hall–Kier alpha value is -2.55. The molecular formula is C15H10F3NO2. The SMILES string of the molecule is Cc1occc1C(=O)C(C#N)c1cccc(C(F)(F)F)c1. The van der Waals surface area contributed by atoms with Crippen molar-refractivity contribution >= 4 is 5.78 Å². The van der Waals surface area contributed by atoms with Crippen LogP contribution in [-0.2, 0) is 6.18 Å². The molecule has 1 heterocycles. The van der Waals surface area contributed by atoms with Gasteiger partial charge in [0.2, 0.25) is 0 Å². The smallest absolute Gasteiger partial charge is 0.416 e. The van der Waals surface area contributed by atoms with Gasteiger partial charge in [-0.2, -0.15) is 18.4 Å². The molecule has 108 valence electrons. The summed E-state index contributed by atoms with van der Waals surface area (Å²) in [6, 6.07) is 7.38. The number of Topliss-reactive ketones (excluding diaryl/α,β-unsaturated/α-hetero) is 1. The second-order valence-corrected chi connectivity index (χ2v) is 4.44. The van der Waals surface area contributed by atoms with Crippen LogP contribution in [0.2, 0.25) is 0 Å². The van der Waals surface area contributed by atoms with E-state index in [1.807, 2.05) is 0 Å². The highest BCUT2D eigenvalue weighted by molar-refractivity contribution is 6.03. The summed E-state index contributed by atoms with van der Waals surface area (Å²) in [5, 5.41) is 9.15. The van der Waals surface area contributed by atoms with Crippen molar-refractivity contribution in [3.63, 3.8) is 0 Å². The lowest BCUT2D eigenvalue weighted by molar-refractivity contribution is -0.137. The number of nitrogens with zero attached hydrogens (tertiary/aromatic N) is 1. The molecule has 0 amide bonds. The predicted molar refractivity (Wildman–Crippen MR) is 67.6 cm³/mol. The van der Waals surface area contributed by atoms with Crippen LogP contribution in [0, 0.1) is 18.3 Å². The molecule has 6 heteroatoms. The molecule has 1 atom stereocenters. The van der Waals surface area contributed by atoms with Crippen LogP contribution >= 0.6 is 0 Å². The first-order valence-electron chi connectivity index (χ1n) is 5.99. The van der Waals surface area contributed by atoms with Gasteiger partial charge in [0.05, 0.1) is 23.5 Å². The van der Waals surface area contributed by atoms with Gasteiger partial charge in [0.25, 0.3) is 0 Å². The van der Waals surface area contributed by atoms with Crippen LogP contribution < -0.4 is 0 Å². The van der Waals surface area contributed by atoms with E-state index in [0.717, 1.165) is 12.1 Å². The first-order chi connectivity index (χ1) is 9.84. The van der Waals surface area contributed by atoms with Crippen molar-refractivity contribution < 1.29 is 22.4 Å². The van der Waals surface area contributed by atoms with Gasteiger partial charge in [-0.3, -0.25) is 4.79 Å². The molecule has 2 rings (SSSR count). The molecule has 0 aliphatic rings. The monoisotopic (exact) mass is 293 g/mol. The molecule has 0 spiro atoms. The fraction of sp³-hybridized carbons (Fsp3) is 0.200. The molecule has 0 radical (unpaired) electrons. The molecule has 1 aromatic carbocycles. The van der Waals surface area contributed by atoms with Crippen LogP contribution in [0.5, 0.6) is 0 Å². The largest absolute Gasteiger partial charge is 0.469 e. The lowest BCUT2D eigenvalue weighted by atomic mass is 9.91. The Morgan fingerprint density at radius 1 is 1.33 bits per heavy atom. The second-order valence-electron chi connectivity index (χ2n) is 4.44. The molecule has 0 fully saturated rings. The molecule has 0 bridgehead atoms. The van der Waals surface area contributed by atoms with E-state index in [9.17, 15) is 18.0 Å². The fourth-order valence-electron chi connectivity index (χ4n) is 1.98. The van der Waals surface area contributed by atoms with E-state index < -0.39 is 23.4 Å². The topological polar surface area (TPSA) is 54.0 Å². The number of alkyl halides is 3. The minimum absolute atomic E-state index is 0.0120. The van der Waals surface area contributed by atoms with Crippen LogP contribution in [0.1, 0.15) is 33.2 Å². The Kier molecular flexibility index (Phi) is 3.85. The highest BCUT2D eigenvalue weighted by Gasteiger charge is 2.32. The quantitative estimate of drug-likeness (QED) is 0.801. The normalized spacial score (nSPS) is 12.7. The number of rotatable bonds is 3. The lowest BCUT2D eigenvalue weighted by Gasteiger charge is -2.11. The zero-order valence-electron chi connectivity index (χ0n) is 10.9. The van der Waals surface area contributed by atoms with Crippen LogP contribution in [0.15, 0.2) is 41.0 Å². The third-order valence-corrected chi connectivity index (χ3v) is 3.06. The Morgan fingerprint density at radius 2 is 2.05 bits per heavy atom. The predicted octanol–water partition coefficient (Wildman–Crippen LogP) is 4.10. The number of carbonyl (C=O) groups excluding carboxylic acids is 1. The van der Waals surface area contributed by atoms with Gasteiger partial charge in [0.1, 0.15) is 11.7 Å². The molecule has 0 N–H and O–H groups in total. The highest BCUT2D eigenvalue weighted by atomic mass is 19.4. The Morgan fingerprint density at radius 3 is 2.57 bits per heavy atom. The van der Waals surface area contributed by atoms with Gasteiger partial charge in [0.15, 0.2) is 5.78 Å². The summed E-state index contributed by atoms with van der Waals surface area (Å²) in [5.74, 6) is -1.56. The number of hydrogen-bond acceptors (Lipinski definition) is 3. The summed E-state index contributed by atoms with van der Waals surface area (Å²) in [4.78, 5) is 12.3. The molecular weight excluding hydrogens is 283 g/mol. The number of aryl methyl sites for hydroxylation is 1. The first kappa shape index (κ1) is 14.9. The van der Waals surface area contributed by atoms with Crippen molar-refractivity contribution in [1.29, 1.82) is 5.26 Å². The zero-order chi connectivity index (χ0) is 15.6. The summed E-state index contributed by atoms with van der Waals surface area (Å²) in [5.41, 5.74) is -0.686. The number of carbonyl (C=O) groups is 1. The maximum absolute atomic E-state index is 12.7. The number of halogens is 3. The molecule has 0 aliphatic heterocycles. The molecule has 0 saturated heterocycles. The molecule has 0 aliphatic carbocycles. The minimum Gasteiger partial charge on any atom is -0.469 e. The van der Waals surface area contributed by atoms with E-state index in [4.69, 9.17) is 9.68 Å². The number of nitriles is 1. The van der Waals surface area contributed by atoms with Gasteiger partial charge >= 0.3 is 6.18 Å². The van der Waals surface area contributed by atoms with Crippen molar-refractivity contribution in [2.24, 2.45) is 0 Å². The number of ketones is 1. The maximum atomic E-state index is 12.7. The summed E-state index contributed by atoms with van der Waals surface area (Å²) < 4.78 is 43.1. The van der Waals surface area contributed by atoms with Gasteiger partial charge in [-0.15, -0.1) is 0 Å². The second kappa shape index (κ2) is 5.44. The van der Waals surface area contributed by atoms with Crippen molar-refractivity contribution in [1.82, 2.24) is 0 Å². The summed E-state index contributed by atoms with van der Waals surface area (Å²) in [7, 11) is 0. The third kappa shape index (κ3) is 2.97. The Labute approximate surface area is 118 Å². The number of hydrogen-bond donors (Lipinski definition) is 0. The third-order valence-electron chi connectivity index (χ3n) is 3.06. The van der Waals surface area contributed by atoms with Gasteiger partial charge in [-0.05, 0) is 24.6 Å².